The number of hydrogen-bond acceptors (Lipinski definition) is 3. The van der Waals surface area contributed by atoms with Crippen molar-refractivity contribution in [1.82, 2.24) is 4.98 Å². The zero-order chi connectivity index (χ0) is 13.1. The van der Waals surface area contributed by atoms with Gasteiger partial charge < -0.3 is 11.1 Å². The van der Waals surface area contributed by atoms with Gasteiger partial charge in [-0.25, -0.2) is 4.98 Å². The second-order valence-electron chi connectivity index (χ2n) is 4.84. The van der Waals surface area contributed by atoms with E-state index in [4.69, 9.17) is 5.73 Å². The SMILES string of the molecule is Cc1cc(N)cnc1Nc1cccc(C(C)C)c1. The third-order valence-corrected chi connectivity index (χ3v) is 2.92. The molecule has 18 heavy (non-hydrogen) atoms. The number of nitrogens with two attached hydrogens (primary N) is 1. The molecule has 1 heterocycles. The molecule has 0 aliphatic rings. The standard InChI is InChI=1S/C15H19N3/c1-10(2)12-5-4-6-14(8-12)18-15-11(3)7-13(16)9-17-15/h4-10H,16H2,1-3H3,(H,17,18). The van der Waals surface area contributed by atoms with Gasteiger partial charge in [0.1, 0.15) is 5.82 Å². The van der Waals surface area contributed by atoms with Gasteiger partial charge in [-0.15, -0.1) is 0 Å². The number of aromatic nitrogens is 1. The minimum atomic E-state index is 0.521. The first kappa shape index (κ1) is 12.4. The Morgan fingerprint density at radius 1 is 1.22 bits per heavy atom. The summed E-state index contributed by atoms with van der Waals surface area (Å²) in [4.78, 5) is 4.31. The van der Waals surface area contributed by atoms with Crippen LogP contribution in [-0.2, 0) is 0 Å². The fraction of sp³-hybridized carbons (Fsp3) is 0.267. The van der Waals surface area contributed by atoms with Gasteiger partial charge in [-0.3, -0.25) is 0 Å². The van der Waals surface area contributed by atoms with Crippen LogP contribution in [-0.4, -0.2) is 4.98 Å². The largest absolute Gasteiger partial charge is 0.397 e. The number of rotatable bonds is 3. The molecule has 0 amide bonds. The van der Waals surface area contributed by atoms with Crippen molar-refractivity contribution in [3.05, 3.63) is 47.7 Å². The van der Waals surface area contributed by atoms with E-state index in [2.05, 4.69) is 42.3 Å². The molecular weight excluding hydrogens is 222 g/mol. The molecule has 2 rings (SSSR count). The molecule has 1 aromatic heterocycles. The lowest BCUT2D eigenvalue weighted by atomic mass is 10.0. The van der Waals surface area contributed by atoms with Crippen molar-refractivity contribution in [1.29, 1.82) is 0 Å². The summed E-state index contributed by atoms with van der Waals surface area (Å²) in [5, 5.41) is 3.33. The first-order valence-corrected chi connectivity index (χ1v) is 6.15. The molecule has 0 atom stereocenters. The number of nitrogens with one attached hydrogen (secondary N) is 1. The van der Waals surface area contributed by atoms with E-state index in [-0.39, 0.29) is 0 Å². The normalized spacial score (nSPS) is 10.7. The van der Waals surface area contributed by atoms with E-state index in [0.29, 0.717) is 11.6 Å². The van der Waals surface area contributed by atoms with Crippen molar-refractivity contribution in [2.45, 2.75) is 26.7 Å². The molecule has 0 radical (unpaired) electrons. The molecule has 0 saturated carbocycles. The zero-order valence-corrected chi connectivity index (χ0v) is 11.1. The second-order valence-corrected chi connectivity index (χ2v) is 4.84. The van der Waals surface area contributed by atoms with Gasteiger partial charge in [0, 0.05) is 5.69 Å². The van der Waals surface area contributed by atoms with Crippen LogP contribution in [0.3, 0.4) is 0 Å². The summed E-state index contributed by atoms with van der Waals surface area (Å²) in [6.45, 7) is 6.37. The van der Waals surface area contributed by atoms with Crippen LogP contribution in [0.5, 0.6) is 0 Å². The molecule has 0 aliphatic heterocycles. The number of benzene rings is 1. The number of hydrogen-bond donors (Lipinski definition) is 2. The number of aryl methyl sites for hydroxylation is 1. The Balaban J connectivity index is 2.25. The molecule has 3 nitrogen and oxygen atoms in total. The van der Waals surface area contributed by atoms with Gasteiger partial charge in [0.05, 0.1) is 11.9 Å². The van der Waals surface area contributed by atoms with Gasteiger partial charge in [0.2, 0.25) is 0 Å². The Bertz CT molecular complexity index is 547. The predicted molar refractivity (Wildman–Crippen MR) is 77.2 cm³/mol. The molecule has 94 valence electrons. The molecule has 3 N–H and O–H groups in total. The van der Waals surface area contributed by atoms with Gasteiger partial charge in [0.15, 0.2) is 0 Å². The van der Waals surface area contributed by atoms with Crippen molar-refractivity contribution in [3.63, 3.8) is 0 Å². The number of pyridine rings is 1. The van der Waals surface area contributed by atoms with Crippen molar-refractivity contribution in [3.8, 4) is 0 Å². The minimum Gasteiger partial charge on any atom is -0.397 e. The average molecular weight is 241 g/mol. The lowest BCUT2D eigenvalue weighted by molar-refractivity contribution is 0.867. The van der Waals surface area contributed by atoms with Gasteiger partial charge in [-0.1, -0.05) is 26.0 Å². The highest BCUT2D eigenvalue weighted by atomic mass is 15.0. The van der Waals surface area contributed by atoms with Crippen LogP contribution in [0.2, 0.25) is 0 Å². The van der Waals surface area contributed by atoms with Gasteiger partial charge in [-0.05, 0) is 42.2 Å². The molecular formula is C15H19N3. The summed E-state index contributed by atoms with van der Waals surface area (Å²) >= 11 is 0. The zero-order valence-electron chi connectivity index (χ0n) is 11.1. The predicted octanol–water partition coefficient (Wildman–Crippen LogP) is 3.84. The Morgan fingerprint density at radius 3 is 2.67 bits per heavy atom. The smallest absolute Gasteiger partial charge is 0.133 e. The maximum atomic E-state index is 5.69. The summed E-state index contributed by atoms with van der Waals surface area (Å²) in [5.41, 5.74) is 9.80. The minimum absolute atomic E-state index is 0.521. The third-order valence-electron chi connectivity index (χ3n) is 2.92. The van der Waals surface area contributed by atoms with Crippen LogP contribution < -0.4 is 11.1 Å². The third kappa shape index (κ3) is 2.80. The van der Waals surface area contributed by atoms with Crippen LogP contribution in [0.25, 0.3) is 0 Å². The Kier molecular flexibility index (Phi) is 3.51. The van der Waals surface area contributed by atoms with Gasteiger partial charge >= 0.3 is 0 Å². The fourth-order valence-corrected chi connectivity index (χ4v) is 1.84. The van der Waals surface area contributed by atoms with Crippen LogP contribution in [0, 0.1) is 6.92 Å². The highest BCUT2D eigenvalue weighted by Crippen LogP contribution is 2.23. The first-order chi connectivity index (χ1) is 8.56. The lowest BCUT2D eigenvalue weighted by Crippen LogP contribution is -1.99. The Hall–Kier alpha value is -2.03. The first-order valence-electron chi connectivity index (χ1n) is 6.15. The van der Waals surface area contributed by atoms with E-state index in [9.17, 15) is 0 Å². The van der Waals surface area contributed by atoms with E-state index in [1.54, 1.807) is 6.20 Å². The summed E-state index contributed by atoms with van der Waals surface area (Å²) < 4.78 is 0. The van der Waals surface area contributed by atoms with Crippen molar-refractivity contribution in [2.75, 3.05) is 11.1 Å². The maximum Gasteiger partial charge on any atom is 0.133 e. The highest BCUT2D eigenvalue weighted by Gasteiger charge is 2.03. The summed E-state index contributed by atoms with van der Waals surface area (Å²) in [5.74, 6) is 1.37. The van der Waals surface area contributed by atoms with E-state index in [1.165, 1.54) is 5.56 Å². The second kappa shape index (κ2) is 5.08. The number of anilines is 3. The Morgan fingerprint density at radius 2 is 2.00 bits per heavy atom. The van der Waals surface area contributed by atoms with Crippen LogP contribution in [0.1, 0.15) is 30.9 Å². The molecule has 2 aromatic rings. The van der Waals surface area contributed by atoms with Gasteiger partial charge in [-0.2, -0.15) is 0 Å². The summed E-state index contributed by atoms with van der Waals surface area (Å²) in [6.07, 6.45) is 1.67. The molecule has 0 spiro atoms. The topological polar surface area (TPSA) is 50.9 Å². The number of nitrogen functional groups attached to an aromatic ring is 1. The van der Waals surface area contributed by atoms with E-state index >= 15 is 0 Å². The quantitative estimate of drug-likeness (QED) is 0.858. The molecule has 0 unspecified atom stereocenters. The lowest BCUT2D eigenvalue weighted by Gasteiger charge is -2.11. The molecule has 0 aliphatic carbocycles. The summed E-state index contributed by atoms with van der Waals surface area (Å²) in [6, 6.07) is 10.3. The molecule has 3 heteroatoms. The van der Waals surface area contributed by atoms with Crippen LogP contribution >= 0.6 is 0 Å². The molecule has 1 aromatic carbocycles. The fourth-order valence-electron chi connectivity index (χ4n) is 1.84. The van der Waals surface area contributed by atoms with E-state index in [0.717, 1.165) is 17.1 Å². The average Bonchev–Trinajstić information content (AvgIpc) is 2.33. The number of nitrogens with zero attached hydrogens (tertiary/aromatic N) is 1. The van der Waals surface area contributed by atoms with E-state index in [1.807, 2.05) is 19.1 Å². The van der Waals surface area contributed by atoms with E-state index < -0.39 is 0 Å². The maximum absolute atomic E-state index is 5.69. The van der Waals surface area contributed by atoms with Crippen LogP contribution in [0.15, 0.2) is 36.5 Å². The van der Waals surface area contributed by atoms with Crippen molar-refractivity contribution < 1.29 is 0 Å². The Labute approximate surface area is 108 Å². The van der Waals surface area contributed by atoms with Crippen LogP contribution in [0.4, 0.5) is 17.2 Å². The van der Waals surface area contributed by atoms with Crippen molar-refractivity contribution in [2.24, 2.45) is 0 Å². The highest BCUT2D eigenvalue weighted by molar-refractivity contribution is 5.61. The molecule has 0 fully saturated rings. The molecule has 0 saturated heterocycles. The van der Waals surface area contributed by atoms with Crippen molar-refractivity contribution >= 4 is 17.2 Å². The van der Waals surface area contributed by atoms with Gasteiger partial charge in [0.25, 0.3) is 0 Å². The monoisotopic (exact) mass is 241 g/mol. The molecule has 0 bridgehead atoms. The summed E-state index contributed by atoms with van der Waals surface area (Å²) in [7, 11) is 0.